The lowest BCUT2D eigenvalue weighted by molar-refractivity contribution is -0.139. The van der Waals surface area contributed by atoms with Gasteiger partial charge in [0.1, 0.15) is 6.04 Å². The summed E-state index contributed by atoms with van der Waals surface area (Å²) in [6.45, 7) is 2.66. The van der Waals surface area contributed by atoms with Gasteiger partial charge in [0.2, 0.25) is 0 Å². The third-order valence-corrected chi connectivity index (χ3v) is 1.56. The molecule has 0 amide bonds. The van der Waals surface area contributed by atoms with E-state index in [1.165, 1.54) is 0 Å². The van der Waals surface area contributed by atoms with E-state index in [2.05, 4.69) is 17.9 Å². The number of carboxylic acids is 1. The molecule has 0 heterocycles. The number of thiol groups is 1. The Labute approximate surface area is 71.6 Å². The van der Waals surface area contributed by atoms with E-state index in [-0.39, 0.29) is 5.25 Å². The number of aliphatic carboxylic acids is 1. The van der Waals surface area contributed by atoms with E-state index in [0.717, 1.165) is 0 Å². The van der Waals surface area contributed by atoms with Crippen LogP contribution in [0.5, 0.6) is 0 Å². The number of hydrogen-bond donors (Lipinski definition) is 4. The zero-order valence-electron chi connectivity index (χ0n) is 6.45. The molecule has 0 aliphatic heterocycles. The van der Waals surface area contributed by atoms with Crippen LogP contribution in [0.1, 0.15) is 6.92 Å². The van der Waals surface area contributed by atoms with Crippen molar-refractivity contribution in [3.63, 3.8) is 0 Å². The molecule has 0 aliphatic carbocycles. The second-order valence-electron chi connectivity index (χ2n) is 2.30. The molecule has 0 aromatic heterocycles. The maximum absolute atomic E-state index is 10.5. The van der Waals surface area contributed by atoms with Gasteiger partial charge in [-0.15, -0.1) is 0 Å². The monoisotopic (exact) mass is 178 g/mol. The molecule has 0 spiro atoms. The zero-order valence-corrected chi connectivity index (χ0v) is 7.34. The molecular formula is C6H14N2O2S. The summed E-state index contributed by atoms with van der Waals surface area (Å²) in [4.78, 5) is 10.5. The van der Waals surface area contributed by atoms with Gasteiger partial charge in [0.15, 0.2) is 0 Å². The molecule has 66 valence electrons. The summed E-state index contributed by atoms with van der Waals surface area (Å²) in [5.41, 5.74) is 5.20. The Morgan fingerprint density at radius 3 is 2.64 bits per heavy atom. The lowest BCUT2D eigenvalue weighted by Gasteiger charge is -2.16. The molecule has 2 atom stereocenters. The highest BCUT2D eigenvalue weighted by Gasteiger charge is 2.20. The second kappa shape index (κ2) is 5.40. The molecule has 0 radical (unpaired) electrons. The van der Waals surface area contributed by atoms with Crippen molar-refractivity contribution in [3.05, 3.63) is 0 Å². The smallest absolute Gasteiger partial charge is 0.321 e. The molecule has 5 heteroatoms. The minimum Gasteiger partial charge on any atom is -0.480 e. The van der Waals surface area contributed by atoms with Crippen molar-refractivity contribution in [2.75, 3.05) is 13.1 Å². The quantitative estimate of drug-likeness (QED) is 0.420. The van der Waals surface area contributed by atoms with Crippen molar-refractivity contribution in [1.29, 1.82) is 0 Å². The van der Waals surface area contributed by atoms with Gasteiger partial charge in [-0.3, -0.25) is 4.79 Å². The van der Waals surface area contributed by atoms with E-state index in [1.807, 2.05) is 0 Å². The van der Waals surface area contributed by atoms with Gasteiger partial charge in [-0.25, -0.2) is 0 Å². The summed E-state index contributed by atoms with van der Waals surface area (Å²) in [5, 5.41) is 11.2. The van der Waals surface area contributed by atoms with Gasteiger partial charge in [-0.05, 0) is 0 Å². The Balaban J connectivity index is 3.80. The molecule has 2 unspecified atom stereocenters. The van der Waals surface area contributed by atoms with E-state index in [0.29, 0.717) is 13.1 Å². The van der Waals surface area contributed by atoms with E-state index >= 15 is 0 Å². The van der Waals surface area contributed by atoms with Crippen LogP contribution in [-0.2, 0) is 4.79 Å². The number of rotatable bonds is 5. The molecule has 0 fully saturated rings. The van der Waals surface area contributed by atoms with Crippen LogP contribution in [0.2, 0.25) is 0 Å². The average molecular weight is 178 g/mol. The van der Waals surface area contributed by atoms with E-state index in [9.17, 15) is 4.79 Å². The minimum absolute atomic E-state index is 0.209. The van der Waals surface area contributed by atoms with Crippen LogP contribution in [0.15, 0.2) is 0 Å². The van der Waals surface area contributed by atoms with E-state index < -0.39 is 12.0 Å². The predicted octanol–water partition coefficient (Wildman–Crippen LogP) is -0.694. The predicted molar refractivity (Wildman–Crippen MR) is 46.9 cm³/mol. The topological polar surface area (TPSA) is 75.3 Å². The molecule has 0 rings (SSSR count). The normalized spacial score (nSPS) is 15.9. The van der Waals surface area contributed by atoms with Crippen LogP contribution in [0.4, 0.5) is 0 Å². The molecule has 0 bridgehead atoms. The Morgan fingerprint density at radius 2 is 2.36 bits per heavy atom. The largest absolute Gasteiger partial charge is 0.480 e. The third-order valence-electron chi connectivity index (χ3n) is 1.26. The van der Waals surface area contributed by atoms with Gasteiger partial charge < -0.3 is 16.2 Å². The van der Waals surface area contributed by atoms with Crippen LogP contribution >= 0.6 is 12.6 Å². The number of nitrogens with two attached hydrogens (primary N) is 1. The van der Waals surface area contributed by atoms with Gasteiger partial charge in [0.05, 0.1) is 0 Å². The third kappa shape index (κ3) is 4.23. The lowest BCUT2D eigenvalue weighted by atomic mass is 10.2. The summed E-state index contributed by atoms with van der Waals surface area (Å²) < 4.78 is 0. The molecule has 4 nitrogen and oxygen atoms in total. The summed E-state index contributed by atoms with van der Waals surface area (Å²) in [7, 11) is 0. The summed E-state index contributed by atoms with van der Waals surface area (Å²) >= 11 is 4.02. The molecule has 0 aromatic rings. The number of hydrogen-bond acceptors (Lipinski definition) is 4. The Kier molecular flexibility index (Phi) is 5.27. The van der Waals surface area contributed by atoms with Crippen LogP contribution in [0.25, 0.3) is 0 Å². The van der Waals surface area contributed by atoms with E-state index in [1.54, 1.807) is 6.92 Å². The highest BCUT2D eigenvalue weighted by Crippen LogP contribution is 2.00. The fourth-order valence-corrected chi connectivity index (χ4v) is 0.936. The second-order valence-corrected chi connectivity index (χ2v) is 3.11. The van der Waals surface area contributed by atoms with Crippen LogP contribution < -0.4 is 11.1 Å². The Bertz CT molecular complexity index is 130. The van der Waals surface area contributed by atoms with Gasteiger partial charge in [-0.2, -0.15) is 12.6 Å². The van der Waals surface area contributed by atoms with Crippen LogP contribution in [-0.4, -0.2) is 35.5 Å². The van der Waals surface area contributed by atoms with Crippen molar-refractivity contribution in [2.45, 2.75) is 18.2 Å². The summed E-state index contributed by atoms with van der Waals surface area (Å²) in [5.74, 6) is -0.888. The molecule has 0 aromatic carbocycles. The van der Waals surface area contributed by atoms with Crippen molar-refractivity contribution < 1.29 is 9.90 Å². The minimum atomic E-state index is -0.888. The van der Waals surface area contributed by atoms with Gasteiger partial charge >= 0.3 is 5.97 Å². The Morgan fingerprint density at radius 1 is 1.82 bits per heavy atom. The molecular weight excluding hydrogens is 164 g/mol. The standard InChI is InChI=1S/C6H14N2O2S/c1-4(11)5(6(9)10)8-3-2-7/h4-5,8,11H,2-3,7H2,1H3,(H,9,10). The first kappa shape index (κ1) is 10.7. The molecule has 11 heavy (non-hydrogen) atoms. The number of carboxylic acid groups (broad SMARTS) is 1. The van der Waals surface area contributed by atoms with Gasteiger partial charge in [0.25, 0.3) is 0 Å². The lowest BCUT2D eigenvalue weighted by Crippen LogP contribution is -2.44. The fourth-order valence-electron chi connectivity index (χ4n) is 0.703. The fraction of sp³-hybridized carbons (Fsp3) is 0.833. The number of nitrogens with one attached hydrogen (secondary N) is 1. The zero-order chi connectivity index (χ0) is 8.85. The SMILES string of the molecule is CC(S)C(NCCN)C(=O)O. The number of carbonyl (C=O) groups is 1. The molecule has 4 N–H and O–H groups in total. The maximum atomic E-state index is 10.5. The highest BCUT2D eigenvalue weighted by atomic mass is 32.1. The van der Waals surface area contributed by atoms with Crippen LogP contribution in [0, 0.1) is 0 Å². The summed E-state index contributed by atoms with van der Waals surface area (Å²) in [6, 6.07) is -0.609. The first-order valence-electron chi connectivity index (χ1n) is 3.44. The van der Waals surface area contributed by atoms with Gasteiger partial charge in [0, 0.05) is 18.3 Å². The first-order chi connectivity index (χ1) is 5.09. The maximum Gasteiger partial charge on any atom is 0.321 e. The Hall–Kier alpha value is -0.260. The van der Waals surface area contributed by atoms with Crippen molar-refractivity contribution in [1.82, 2.24) is 5.32 Å². The van der Waals surface area contributed by atoms with Crippen molar-refractivity contribution in [3.8, 4) is 0 Å². The van der Waals surface area contributed by atoms with Crippen molar-refractivity contribution >= 4 is 18.6 Å². The highest BCUT2D eigenvalue weighted by molar-refractivity contribution is 7.81. The van der Waals surface area contributed by atoms with Crippen LogP contribution in [0.3, 0.4) is 0 Å². The average Bonchev–Trinajstić information content (AvgIpc) is 1.87. The molecule has 0 saturated carbocycles. The van der Waals surface area contributed by atoms with Gasteiger partial charge in [-0.1, -0.05) is 6.92 Å². The molecule has 0 aliphatic rings. The van der Waals surface area contributed by atoms with Crippen molar-refractivity contribution in [2.24, 2.45) is 5.73 Å². The first-order valence-corrected chi connectivity index (χ1v) is 3.95. The van der Waals surface area contributed by atoms with E-state index in [4.69, 9.17) is 10.8 Å². The summed E-state index contributed by atoms with van der Waals surface area (Å²) in [6.07, 6.45) is 0. The molecule has 0 saturated heterocycles.